The molecule has 1 aliphatic carbocycles. The van der Waals surface area contributed by atoms with Gasteiger partial charge in [-0.1, -0.05) is 13.3 Å². The van der Waals surface area contributed by atoms with E-state index in [2.05, 4.69) is 4.72 Å². The van der Waals surface area contributed by atoms with Crippen LogP contribution in [0.15, 0.2) is 23.1 Å². The largest absolute Gasteiger partial charge is 0.478 e. The van der Waals surface area contributed by atoms with E-state index in [0.717, 1.165) is 31.4 Å². The molecule has 0 radical (unpaired) electrons. The Morgan fingerprint density at radius 3 is 2.55 bits per heavy atom. The van der Waals surface area contributed by atoms with Gasteiger partial charge in [0.15, 0.2) is 0 Å². The van der Waals surface area contributed by atoms with Gasteiger partial charge in [0, 0.05) is 6.54 Å². The van der Waals surface area contributed by atoms with E-state index >= 15 is 0 Å². The van der Waals surface area contributed by atoms with Gasteiger partial charge in [-0.2, -0.15) is 0 Å². The van der Waals surface area contributed by atoms with Crippen molar-refractivity contribution in [3.8, 4) is 0 Å². The molecule has 0 amide bonds. The number of carboxylic acids is 1. The molecule has 110 valence electrons. The van der Waals surface area contributed by atoms with E-state index in [9.17, 15) is 17.6 Å². The van der Waals surface area contributed by atoms with Crippen LogP contribution in [0.5, 0.6) is 0 Å². The average molecular weight is 301 g/mol. The predicted molar refractivity (Wildman–Crippen MR) is 70.5 cm³/mol. The molecule has 2 rings (SSSR count). The first kappa shape index (κ1) is 14.9. The van der Waals surface area contributed by atoms with E-state index in [1.54, 1.807) is 0 Å². The highest BCUT2D eigenvalue weighted by Gasteiger charge is 2.33. The summed E-state index contributed by atoms with van der Waals surface area (Å²) in [5, 5.41) is 8.72. The molecule has 7 heteroatoms. The summed E-state index contributed by atoms with van der Waals surface area (Å²) >= 11 is 0. The number of rotatable bonds is 5. The molecule has 0 atom stereocenters. The van der Waals surface area contributed by atoms with Crippen LogP contribution in [-0.4, -0.2) is 26.0 Å². The van der Waals surface area contributed by atoms with Crippen molar-refractivity contribution in [2.24, 2.45) is 5.41 Å². The van der Waals surface area contributed by atoms with Gasteiger partial charge in [-0.15, -0.1) is 0 Å². The lowest BCUT2D eigenvalue weighted by molar-refractivity contribution is 0.0696. The molecule has 0 bridgehead atoms. The Morgan fingerprint density at radius 2 is 2.10 bits per heavy atom. The van der Waals surface area contributed by atoms with Crippen molar-refractivity contribution in [1.29, 1.82) is 0 Å². The fourth-order valence-electron chi connectivity index (χ4n) is 2.16. The van der Waals surface area contributed by atoms with Gasteiger partial charge in [0.2, 0.25) is 10.0 Å². The maximum Gasteiger partial charge on any atom is 0.335 e. The maximum absolute atomic E-state index is 13.7. The Balaban J connectivity index is 2.18. The molecule has 1 aromatic carbocycles. The van der Waals surface area contributed by atoms with Crippen LogP contribution in [-0.2, 0) is 10.0 Å². The first-order valence-corrected chi connectivity index (χ1v) is 7.74. The lowest BCUT2D eigenvalue weighted by atomic mass is 9.71. The summed E-state index contributed by atoms with van der Waals surface area (Å²) in [5.74, 6) is -2.36. The second-order valence-electron chi connectivity index (χ2n) is 5.44. The molecule has 0 saturated heterocycles. The molecular weight excluding hydrogens is 285 g/mol. The smallest absolute Gasteiger partial charge is 0.335 e. The summed E-state index contributed by atoms with van der Waals surface area (Å²) in [6, 6.07) is 2.76. The van der Waals surface area contributed by atoms with Gasteiger partial charge >= 0.3 is 5.97 Å². The molecular formula is C13H16FNO4S. The molecule has 0 aromatic heterocycles. The number of hydrogen-bond acceptors (Lipinski definition) is 3. The summed E-state index contributed by atoms with van der Waals surface area (Å²) in [6.45, 7) is 2.23. The predicted octanol–water partition coefficient (Wildman–Crippen LogP) is 1.99. The van der Waals surface area contributed by atoms with Gasteiger partial charge in [0.05, 0.1) is 5.56 Å². The second kappa shape index (κ2) is 5.14. The van der Waals surface area contributed by atoms with Gasteiger partial charge in [-0.25, -0.2) is 22.3 Å². The average Bonchev–Trinajstić information content (AvgIpc) is 2.33. The van der Waals surface area contributed by atoms with E-state index < -0.39 is 26.7 Å². The highest BCUT2D eigenvalue weighted by atomic mass is 32.2. The fourth-order valence-corrected chi connectivity index (χ4v) is 3.41. The zero-order valence-electron chi connectivity index (χ0n) is 11.0. The standard InChI is InChI=1S/C13H16FNO4S/c1-13(5-2-6-13)8-15-20(18,19)11-4-3-9(12(16)17)7-10(11)14/h3-4,7,15H,2,5-6,8H2,1H3,(H,16,17). The number of halogens is 1. The Bertz CT molecular complexity index is 638. The van der Waals surface area contributed by atoms with Crippen molar-refractivity contribution >= 4 is 16.0 Å². The number of nitrogens with one attached hydrogen (secondary N) is 1. The Morgan fingerprint density at radius 1 is 1.45 bits per heavy atom. The first-order chi connectivity index (χ1) is 9.23. The Labute approximate surface area is 116 Å². The van der Waals surface area contributed by atoms with Crippen LogP contribution in [0, 0.1) is 11.2 Å². The van der Waals surface area contributed by atoms with Crippen molar-refractivity contribution in [3.05, 3.63) is 29.6 Å². The monoisotopic (exact) mass is 301 g/mol. The van der Waals surface area contributed by atoms with E-state index in [4.69, 9.17) is 5.11 Å². The van der Waals surface area contributed by atoms with Crippen molar-refractivity contribution in [3.63, 3.8) is 0 Å². The number of aromatic carboxylic acids is 1. The molecule has 1 aliphatic rings. The van der Waals surface area contributed by atoms with Gasteiger partial charge < -0.3 is 5.11 Å². The highest BCUT2D eigenvalue weighted by molar-refractivity contribution is 7.89. The number of carboxylic acid groups (broad SMARTS) is 1. The Hall–Kier alpha value is -1.47. The molecule has 5 nitrogen and oxygen atoms in total. The zero-order valence-corrected chi connectivity index (χ0v) is 11.8. The van der Waals surface area contributed by atoms with Crippen LogP contribution in [0.3, 0.4) is 0 Å². The van der Waals surface area contributed by atoms with E-state index in [0.29, 0.717) is 6.07 Å². The van der Waals surface area contributed by atoms with Crippen LogP contribution >= 0.6 is 0 Å². The van der Waals surface area contributed by atoms with E-state index in [-0.39, 0.29) is 17.5 Å². The van der Waals surface area contributed by atoms with E-state index in [1.165, 1.54) is 0 Å². The summed E-state index contributed by atoms with van der Waals surface area (Å²) in [6.07, 6.45) is 2.95. The number of hydrogen-bond donors (Lipinski definition) is 2. The molecule has 0 spiro atoms. The maximum atomic E-state index is 13.7. The minimum atomic E-state index is -3.96. The normalized spacial score (nSPS) is 17.5. The molecule has 2 N–H and O–H groups in total. The molecule has 0 unspecified atom stereocenters. The zero-order chi connectivity index (χ0) is 15.0. The topological polar surface area (TPSA) is 83.5 Å². The molecule has 20 heavy (non-hydrogen) atoms. The van der Waals surface area contributed by atoms with E-state index in [1.807, 2.05) is 6.92 Å². The van der Waals surface area contributed by atoms with Crippen LogP contribution in [0.2, 0.25) is 0 Å². The minimum absolute atomic E-state index is 0.0649. The van der Waals surface area contributed by atoms with Gasteiger partial charge in [0.25, 0.3) is 0 Å². The van der Waals surface area contributed by atoms with Gasteiger partial charge in [-0.3, -0.25) is 0 Å². The number of sulfonamides is 1. The fraction of sp³-hybridized carbons (Fsp3) is 0.462. The number of benzene rings is 1. The highest BCUT2D eigenvalue weighted by Crippen LogP contribution is 2.39. The Kier molecular flexibility index (Phi) is 3.84. The summed E-state index contributed by atoms with van der Waals surface area (Å²) in [5.41, 5.74) is -0.350. The van der Waals surface area contributed by atoms with Crippen molar-refractivity contribution in [2.45, 2.75) is 31.1 Å². The number of carbonyl (C=O) groups is 1. The van der Waals surface area contributed by atoms with Crippen LogP contribution in [0.25, 0.3) is 0 Å². The van der Waals surface area contributed by atoms with Crippen LogP contribution in [0.4, 0.5) is 4.39 Å². The van der Waals surface area contributed by atoms with Gasteiger partial charge in [0.1, 0.15) is 10.7 Å². The lowest BCUT2D eigenvalue weighted by Gasteiger charge is -2.38. The van der Waals surface area contributed by atoms with Crippen molar-refractivity contribution in [1.82, 2.24) is 4.72 Å². The first-order valence-electron chi connectivity index (χ1n) is 6.26. The molecule has 1 fully saturated rings. The SMILES string of the molecule is CC1(CNS(=O)(=O)c2ccc(C(=O)O)cc2F)CCC1. The molecule has 1 aromatic rings. The van der Waals surface area contributed by atoms with Crippen LogP contribution < -0.4 is 4.72 Å². The molecule has 0 aliphatic heterocycles. The van der Waals surface area contributed by atoms with Crippen molar-refractivity contribution < 1.29 is 22.7 Å². The third kappa shape index (κ3) is 2.99. The quantitative estimate of drug-likeness (QED) is 0.871. The van der Waals surface area contributed by atoms with Crippen molar-refractivity contribution in [2.75, 3.05) is 6.54 Å². The summed E-state index contributed by atoms with van der Waals surface area (Å²) in [4.78, 5) is 10.2. The van der Waals surface area contributed by atoms with Crippen LogP contribution in [0.1, 0.15) is 36.5 Å². The minimum Gasteiger partial charge on any atom is -0.478 e. The summed E-state index contributed by atoms with van der Waals surface area (Å²) < 4.78 is 40.2. The third-order valence-electron chi connectivity index (χ3n) is 3.72. The molecule has 0 heterocycles. The molecule has 1 saturated carbocycles. The third-order valence-corrected chi connectivity index (χ3v) is 5.15. The van der Waals surface area contributed by atoms with Gasteiger partial charge in [-0.05, 0) is 36.5 Å². The summed E-state index contributed by atoms with van der Waals surface area (Å²) in [7, 11) is -3.96. The second-order valence-corrected chi connectivity index (χ2v) is 7.17. The lowest BCUT2D eigenvalue weighted by Crippen LogP contribution is -2.40.